The first-order chi connectivity index (χ1) is 8.79. The average Bonchev–Trinajstić information content (AvgIpc) is 2.85. The fraction of sp³-hybridized carbons (Fsp3) is 0.333. The molecule has 1 heterocycles. The second-order valence-corrected chi connectivity index (χ2v) is 6.19. The number of benzene rings is 1. The van der Waals surface area contributed by atoms with Gasteiger partial charge in [0.25, 0.3) is 0 Å². The summed E-state index contributed by atoms with van der Waals surface area (Å²) in [6.07, 6.45) is 2.25. The Morgan fingerprint density at radius 2 is 2.06 bits per heavy atom. The number of rotatable bonds is 6. The van der Waals surface area contributed by atoms with Gasteiger partial charge in [0.15, 0.2) is 0 Å². The van der Waals surface area contributed by atoms with Gasteiger partial charge in [0.1, 0.15) is 0 Å². The molecule has 0 amide bonds. The molecule has 0 fully saturated rings. The molecular formula is C15H18BrNS. The summed E-state index contributed by atoms with van der Waals surface area (Å²) in [7, 11) is 2.03. The molecule has 0 saturated heterocycles. The molecule has 1 nitrogen and oxygen atoms in total. The Labute approximate surface area is 121 Å². The van der Waals surface area contributed by atoms with Crippen LogP contribution >= 0.6 is 27.3 Å². The van der Waals surface area contributed by atoms with Gasteiger partial charge < -0.3 is 5.32 Å². The van der Waals surface area contributed by atoms with Crippen LogP contribution in [0.3, 0.4) is 0 Å². The maximum Gasteiger partial charge on any atom is 0.0207 e. The van der Waals surface area contributed by atoms with Crippen molar-refractivity contribution >= 4 is 27.3 Å². The van der Waals surface area contributed by atoms with Crippen LogP contribution in [0.2, 0.25) is 0 Å². The summed E-state index contributed by atoms with van der Waals surface area (Å²) < 4.78 is 1.22. The van der Waals surface area contributed by atoms with Crippen LogP contribution in [-0.2, 0) is 12.8 Å². The third-order valence-corrected chi connectivity index (χ3v) is 4.57. The number of hydrogen-bond acceptors (Lipinski definition) is 2. The quantitative estimate of drug-likeness (QED) is 0.842. The van der Waals surface area contributed by atoms with E-state index in [1.54, 1.807) is 11.3 Å². The van der Waals surface area contributed by atoms with Crippen LogP contribution in [0.1, 0.15) is 11.1 Å². The summed E-state index contributed by atoms with van der Waals surface area (Å²) in [5.74, 6) is 0.642. The van der Waals surface area contributed by atoms with Gasteiger partial charge in [-0.25, -0.2) is 0 Å². The maximum atomic E-state index is 3.64. The number of thiophene rings is 1. The minimum absolute atomic E-state index is 0.642. The van der Waals surface area contributed by atoms with E-state index in [1.165, 1.54) is 15.6 Å². The third kappa shape index (κ3) is 3.94. The van der Waals surface area contributed by atoms with Crippen LogP contribution in [0.25, 0.3) is 0 Å². The van der Waals surface area contributed by atoms with Crippen LogP contribution in [0.4, 0.5) is 0 Å². The summed E-state index contributed by atoms with van der Waals surface area (Å²) in [4.78, 5) is 0. The Kier molecular flexibility index (Phi) is 5.42. The Morgan fingerprint density at radius 3 is 2.72 bits per heavy atom. The average molecular weight is 324 g/mol. The van der Waals surface area contributed by atoms with E-state index in [-0.39, 0.29) is 0 Å². The zero-order chi connectivity index (χ0) is 12.8. The van der Waals surface area contributed by atoms with Gasteiger partial charge in [-0.2, -0.15) is 11.3 Å². The van der Waals surface area contributed by atoms with Crippen LogP contribution in [-0.4, -0.2) is 13.6 Å². The highest BCUT2D eigenvalue weighted by Gasteiger charge is 2.12. The first-order valence-electron chi connectivity index (χ1n) is 6.18. The van der Waals surface area contributed by atoms with Crippen LogP contribution in [0.5, 0.6) is 0 Å². The first kappa shape index (κ1) is 13.8. The largest absolute Gasteiger partial charge is 0.319 e. The standard InChI is InChI=1S/C15H18BrNS/c1-17-10-13(8-12-6-7-18-11-12)9-14-4-2-3-5-15(14)16/h2-7,11,13,17H,8-10H2,1H3. The predicted molar refractivity (Wildman–Crippen MR) is 83.3 cm³/mol. The lowest BCUT2D eigenvalue weighted by molar-refractivity contribution is 0.493. The molecule has 18 heavy (non-hydrogen) atoms. The lowest BCUT2D eigenvalue weighted by Gasteiger charge is -2.17. The van der Waals surface area contributed by atoms with Crippen LogP contribution in [0.15, 0.2) is 45.6 Å². The number of halogens is 1. The molecule has 3 heteroatoms. The molecule has 1 aromatic heterocycles. The zero-order valence-corrected chi connectivity index (χ0v) is 12.9. The molecule has 1 N–H and O–H groups in total. The van der Waals surface area contributed by atoms with E-state index in [0.29, 0.717) is 5.92 Å². The minimum Gasteiger partial charge on any atom is -0.319 e. The molecule has 0 aliphatic carbocycles. The highest BCUT2D eigenvalue weighted by Crippen LogP contribution is 2.22. The Balaban J connectivity index is 2.04. The fourth-order valence-corrected chi connectivity index (χ4v) is 3.35. The predicted octanol–water partition coefficient (Wildman–Crippen LogP) is 4.13. The Hall–Kier alpha value is -0.640. The van der Waals surface area contributed by atoms with Gasteiger partial charge in [0.05, 0.1) is 0 Å². The minimum atomic E-state index is 0.642. The van der Waals surface area contributed by atoms with Crippen molar-refractivity contribution in [1.29, 1.82) is 0 Å². The van der Waals surface area contributed by atoms with E-state index in [4.69, 9.17) is 0 Å². The molecule has 0 radical (unpaired) electrons. The molecule has 0 bridgehead atoms. The van der Waals surface area contributed by atoms with Crippen molar-refractivity contribution in [3.8, 4) is 0 Å². The highest BCUT2D eigenvalue weighted by molar-refractivity contribution is 9.10. The fourth-order valence-electron chi connectivity index (χ4n) is 2.22. The molecule has 0 aliphatic rings. The summed E-state index contributed by atoms with van der Waals surface area (Å²) in [6.45, 7) is 1.05. The van der Waals surface area contributed by atoms with Crippen molar-refractivity contribution in [1.82, 2.24) is 5.32 Å². The molecule has 1 atom stereocenters. The summed E-state index contributed by atoms with van der Waals surface area (Å²) >= 11 is 5.41. The van der Waals surface area contributed by atoms with Crippen molar-refractivity contribution in [2.75, 3.05) is 13.6 Å². The van der Waals surface area contributed by atoms with Gasteiger partial charge in [-0.3, -0.25) is 0 Å². The van der Waals surface area contributed by atoms with E-state index in [1.807, 2.05) is 7.05 Å². The van der Waals surface area contributed by atoms with E-state index in [0.717, 1.165) is 19.4 Å². The number of nitrogens with one attached hydrogen (secondary N) is 1. The number of hydrogen-bond donors (Lipinski definition) is 1. The lowest BCUT2D eigenvalue weighted by Crippen LogP contribution is -2.22. The SMILES string of the molecule is CNCC(Cc1ccsc1)Cc1ccccc1Br. The molecule has 2 aromatic rings. The van der Waals surface area contributed by atoms with Crippen molar-refractivity contribution in [2.24, 2.45) is 5.92 Å². The van der Waals surface area contributed by atoms with E-state index < -0.39 is 0 Å². The van der Waals surface area contributed by atoms with Gasteiger partial charge >= 0.3 is 0 Å². The summed E-state index contributed by atoms with van der Waals surface area (Å²) in [5, 5.41) is 7.72. The second kappa shape index (κ2) is 7.07. The van der Waals surface area contributed by atoms with Gasteiger partial charge in [-0.15, -0.1) is 0 Å². The van der Waals surface area contributed by atoms with Crippen molar-refractivity contribution in [2.45, 2.75) is 12.8 Å². The monoisotopic (exact) mass is 323 g/mol. The van der Waals surface area contributed by atoms with E-state index in [2.05, 4.69) is 62.3 Å². The van der Waals surface area contributed by atoms with Crippen molar-refractivity contribution in [3.63, 3.8) is 0 Å². The molecule has 0 saturated carbocycles. The maximum absolute atomic E-state index is 3.64. The Morgan fingerprint density at radius 1 is 1.22 bits per heavy atom. The molecule has 96 valence electrons. The molecule has 1 unspecified atom stereocenters. The Bertz CT molecular complexity index is 467. The van der Waals surface area contributed by atoms with Gasteiger partial charge in [-0.05, 0) is 66.4 Å². The normalized spacial score (nSPS) is 12.6. The lowest BCUT2D eigenvalue weighted by atomic mass is 9.93. The smallest absolute Gasteiger partial charge is 0.0207 e. The molecular weight excluding hydrogens is 306 g/mol. The molecule has 2 rings (SSSR count). The van der Waals surface area contributed by atoms with E-state index in [9.17, 15) is 0 Å². The second-order valence-electron chi connectivity index (χ2n) is 4.55. The van der Waals surface area contributed by atoms with Crippen molar-refractivity contribution < 1.29 is 0 Å². The third-order valence-electron chi connectivity index (χ3n) is 3.06. The topological polar surface area (TPSA) is 12.0 Å². The molecule has 0 spiro atoms. The zero-order valence-electron chi connectivity index (χ0n) is 10.5. The van der Waals surface area contributed by atoms with Gasteiger partial charge in [0, 0.05) is 4.47 Å². The van der Waals surface area contributed by atoms with Crippen molar-refractivity contribution in [3.05, 3.63) is 56.7 Å². The van der Waals surface area contributed by atoms with Gasteiger partial charge in [-0.1, -0.05) is 34.1 Å². The van der Waals surface area contributed by atoms with Crippen LogP contribution in [0, 0.1) is 5.92 Å². The van der Waals surface area contributed by atoms with Crippen LogP contribution < -0.4 is 5.32 Å². The van der Waals surface area contributed by atoms with Gasteiger partial charge in [0.2, 0.25) is 0 Å². The first-order valence-corrected chi connectivity index (χ1v) is 7.92. The summed E-state index contributed by atoms with van der Waals surface area (Å²) in [6, 6.07) is 10.7. The molecule has 1 aromatic carbocycles. The van der Waals surface area contributed by atoms with E-state index >= 15 is 0 Å². The highest BCUT2D eigenvalue weighted by atomic mass is 79.9. The molecule has 0 aliphatic heterocycles. The summed E-state index contributed by atoms with van der Waals surface area (Å²) in [5.41, 5.74) is 2.85.